The Kier molecular flexibility index (Phi) is 4.93. The Morgan fingerprint density at radius 1 is 1.25 bits per heavy atom. The second-order valence-corrected chi connectivity index (χ2v) is 3.82. The maximum atomic E-state index is 4.30. The Bertz CT molecular complexity index is 386. The third kappa shape index (κ3) is 3.31. The third-order valence-electron chi connectivity index (χ3n) is 2.63. The van der Waals surface area contributed by atoms with Gasteiger partial charge in [-0.25, -0.2) is 0 Å². The summed E-state index contributed by atoms with van der Waals surface area (Å²) in [4.78, 5) is 4.30. The number of benzene rings is 1. The van der Waals surface area contributed by atoms with Gasteiger partial charge in [0, 0.05) is 18.5 Å². The second-order valence-electron chi connectivity index (χ2n) is 3.82. The van der Waals surface area contributed by atoms with Gasteiger partial charge in [0.2, 0.25) is 0 Å². The molecule has 0 saturated heterocycles. The summed E-state index contributed by atoms with van der Waals surface area (Å²) in [6, 6.07) is 8.60. The normalized spacial score (nSPS) is 13.0. The molecule has 0 spiro atoms. The molecule has 0 saturated carbocycles. The summed E-state index contributed by atoms with van der Waals surface area (Å²) in [5, 5.41) is 3.14. The minimum absolute atomic E-state index is 0.912. The molecule has 1 rings (SSSR count). The highest BCUT2D eigenvalue weighted by Gasteiger charge is 1.99. The van der Waals surface area contributed by atoms with Gasteiger partial charge in [0.25, 0.3) is 0 Å². The smallest absolute Gasteiger partial charge is 0.0403 e. The highest BCUT2D eigenvalue weighted by molar-refractivity contribution is 5.69. The highest BCUT2D eigenvalue weighted by atomic mass is 14.8. The van der Waals surface area contributed by atoms with Crippen molar-refractivity contribution in [2.75, 3.05) is 7.05 Å². The molecule has 0 atom stereocenters. The number of hydrogen-bond donors (Lipinski definition) is 1. The molecule has 2 heteroatoms. The summed E-state index contributed by atoms with van der Waals surface area (Å²) in [5.74, 6) is 0. The molecular formula is C14H20N2. The molecule has 0 amide bonds. The summed E-state index contributed by atoms with van der Waals surface area (Å²) >= 11 is 0. The van der Waals surface area contributed by atoms with Crippen LogP contribution in [0.25, 0.3) is 5.57 Å². The van der Waals surface area contributed by atoms with Gasteiger partial charge < -0.3 is 5.32 Å². The van der Waals surface area contributed by atoms with Crippen molar-refractivity contribution in [3.05, 3.63) is 41.1 Å². The minimum atomic E-state index is 0.912. The fraction of sp³-hybridized carbons (Fsp3) is 0.357. The Balaban J connectivity index is 2.93. The zero-order chi connectivity index (χ0) is 12.0. The lowest BCUT2D eigenvalue weighted by Gasteiger charge is -2.06. The van der Waals surface area contributed by atoms with E-state index in [0.29, 0.717) is 0 Å². The van der Waals surface area contributed by atoms with E-state index >= 15 is 0 Å². The molecule has 86 valence electrons. The number of rotatable bonds is 4. The van der Waals surface area contributed by atoms with Crippen molar-refractivity contribution in [2.45, 2.75) is 27.3 Å². The molecule has 1 N–H and O–H groups in total. The van der Waals surface area contributed by atoms with E-state index in [1.807, 2.05) is 27.1 Å². The predicted molar refractivity (Wildman–Crippen MR) is 71.6 cm³/mol. The highest BCUT2D eigenvalue weighted by Crippen LogP contribution is 2.19. The van der Waals surface area contributed by atoms with Crippen LogP contribution in [-0.2, 0) is 6.54 Å². The van der Waals surface area contributed by atoms with E-state index in [0.717, 1.165) is 12.2 Å². The summed E-state index contributed by atoms with van der Waals surface area (Å²) in [5.41, 5.74) is 4.84. The van der Waals surface area contributed by atoms with Gasteiger partial charge in [0.05, 0.1) is 0 Å². The Morgan fingerprint density at radius 2 is 1.88 bits per heavy atom. The molecule has 0 radical (unpaired) electrons. The summed E-state index contributed by atoms with van der Waals surface area (Å²) in [7, 11) is 1.96. The fourth-order valence-corrected chi connectivity index (χ4v) is 1.58. The largest absolute Gasteiger partial charge is 0.316 e. The second kappa shape index (κ2) is 6.23. The quantitative estimate of drug-likeness (QED) is 0.768. The lowest BCUT2D eigenvalue weighted by Crippen LogP contribution is -2.04. The van der Waals surface area contributed by atoms with Gasteiger partial charge in [-0.1, -0.05) is 24.3 Å². The lowest BCUT2D eigenvalue weighted by atomic mass is 10.0. The first-order valence-electron chi connectivity index (χ1n) is 5.59. The van der Waals surface area contributed by atoms with E-state index in [9.17, 15) is 0 Å². The van der Waals surface area contributed by atoms with Crippen LogP contribution in [0, 0.1) is 0 Å². The van der Waals surface area contributed by atoms with Crippen molar-refractivity contribution in [3.63, 3.8) is 0 Å². The van der Waals surface area contributed by atoms with E-state index in [1.54, 1.807) is 0 Å². The van der Waals surface area contributed by atoms with Crippen LogP contribution in [-0.4, -0.2) is 13.3 Å². The Hall–Kier alpha value is -1.41. The first kappa shape index (κ1) is 12.7. The average molecular weight is 216 g/mol. The molecule has 2 nitrogen and oxygen atoms in total. The number of hydrogen-bond acceptors (Lipinski definition) is 2. The average Bonchev–Trinajstić information content (AvgIpc) is 2.30. The first-order chi connectivity index (χ1) is 7.69. The van der Waals surface area contributed by atoms with Crippen LogP contribution < -0.4 is 5.32 Å². The lowest BCUT2D eigenvalue weighted by molar-refractivity contribution is 0.818. The zero-order valence-corrected chi connectivity index (χ0v) is 10.5. The molecular weight excluding hydrogens is 196 g/mol. The van der Waals surface area contributed by atoms with Gasteiger partial charge in [0.15, 0.2) is 0 Å². The molecule has 0 aromatic heterocycles. The Labute approximate surface area is 98.1 Å². The molecule has 1 aromatic rings. The van der Waals surface area contributed by atoms with Crippen molar-refractivity contribution in [1.82, 2.24) is 5.32 Å². The maximum absolute atomic E-state index is 4.30. The van der Waals surface area contributed by atoms with E-state index in [4.69, 9.17) is 0 Å². The van der Waals surface area contributed by atoms with Gasteiger partial charge in [-0.3, -0.25) is 4.99 Å². The number of aliphatic imine (C=N–C) groups is 1. The van der Waals surface area contributed by atoms with Crippen molar-refractivity contribution in [3.8, 4) is 0 Å². The molecule has 0 aliphatic heterocycles. The van der Waals surface area contributed by atoms with E-state index in [1.165, 1.54) is 16.7 Å². The minimum Gasteiger partial charge on any atom is -0.316 e. The van der Waals surface area contributed by atoms with Crippen molar-refractivity contribution >= 4 is 11.8 Å². The zero-order valence-electron chi connectivity index (χ0n) is 10.5. The van der Waals surface area contributed by atoms with Crippen LogP contribution in [0.1, 0.15) is 31.9 Å². The molecule has 0 unspecified atom stereocenters. The van der Waals surface area contributed by atoms with Gasteiger partial charge in [0.1, 0.15) is 0 Å². The first-order valence-corrected chi connectivity index (χ1v) is 5.59. The van der Waals surface area contributed by atoms with Crippen molar-refractivity contribution < 1.29 is 0 Å². The predicted octanol–water partition coefficient (Wildman–Crippen LogP) is 3.25. The maximum Gasteiger partial charge on any atom is 0.0403 e. The van der Waals surface area contributed by atoms with Crippen LogP contribution >= 0.6 is 0 Å². The van der Waals surface area contributed by atoms with E-state index < -0.39 is 0 Å². The topological polar surface area (TPSA) is 24.4 Å². The molecule has 0 bridgehead atoms. The van der Waals surface area contributed by atoms with Crippen LogP contribution in [0.4, 0.5) is 0 Å². The molecule has 1 aromatic carbocycles. The summed E-state index contributed by atoms with van der Waals surface area (Å²) < 4.78 is 0. The monoisotopic (exact) mass is 216 g/mol. The molecule has 0 aliphatic carbocycles. The third-order valence-corrected chi connectivity index (χ3v) is 2.63. The molecule has 0 heterocycles. The molecule has 0 fully saturated rings. The van der Waals surface area contributed by atoms with Crippen LogP contribution in [0.2, 0.25) is 0 Å². The van der Waals surface area contributed by atoms with Crippen LogP contribution in [0.15, 0.2) is 35.0 Å². The van der Waals surface area contributed by atoms with Gasteiger partial charge in [-0.05, 0) is 44.5 Å². The molecule has 16 heavy (non-hydrogen) atoms. The summed E-state index contributed by atoms with van der Waals surface area (Å²) in [6.07, 6.45) is 1.83. The number of nitrogens with zero attached hydrogens (tertiary/aromatic N) is 1. The van der Waals surface area contributed by atoms with Gasteiger partial charge in [-0.15, -0.1) is 0 Å². The van der Waals surface area contributed by atoms with Crippen LogP contribution in [0.3, 0.4) is 0 Å². The Morgan fingerprint density at radius 3 is 2.38 bits per heavy atom. The molecule has 0 aliphatic rings. The van der Waals surface area contributed by atoms with Gasteiger partial charge >= 0.3 is 0 Å². The number of allylic oxidation sites excluding steroid dienone is 2. The summed E-state index contributed by atoms with van der Waals surface area (Å²) in [6.45, 7) is 6.99. The number of nitrogens with one attached hydrogen (secondary N) is 1. The van der Waals surface area contributed by atoms with Crippen LogP contribution in [0.5, 0.6) is 0 Å². The fourth-order valence-electron chi connectivity index (χ4n) is 1.58. The van der Waals surface area contributed by atoms with Crippen molar-refractivity contribution in [1.29, 1.82) is 0 Å². The van der Waals surface area contributed by atoms with Crippen molar-refractivity contribution in [2.24, 2.45) is 4.99 Å². The standard InChI is InChI=1S/C14H20N2/c1-5-16-12(3)11(2)14-8-6-13(7-9-14)10-15-4/h5-9,15H,10H2,1-4H3/b12-11+,16-5?. The SMILES string of the molecule is CC=N/C(C)=C(\C)c1ccc(CNC)cc1. The van der Waals surface area contributed by atoms with E-state index in [2.05, 4.69) is 41.5 Å². The van der Waals surface area contributed by atoms with E-state index in [-0.39, 0.29) is 0 Å². The van der Waals surface area contributed by atoms with Gasteiger partial charge in [-0.2, -0.15) is 0 Å².